The summed E-state index contributed by atoms with van der Waals surface area (Å²) in [7, 11) is 0. The van der Waals surface area contributed by atoms with Crippen molar-refractivity contribution in [3.05, 3.63) is 30.1 Å². The molecule has 7 heteroatoms. The lowest BCUT2D eigenvalue weighted by atomic mass is 9.97. The van der Waals surface area contributed by atoms with Crippen LogP contribution in [-0.2, 0) is 11.3 Å². The van der Waals surface area contributed by atoms with E-state index in [0.717, 1.165) is 19.0 Å². The Kier molecular flexibility index (Phi) is 4.17. The fraction of sp³-hybridized carbons (Fsp3) is 0.467. The summed E-state index contributed by atoms with van der Waals surface area (Å²) in [4.78, 5) is 16.0. The average Bonchev–Trinajstić information content (AvgIpc) is 2.89. The highest BCUT2D eigenvalue weighted by Crippen LogP contribution is 2.19. The molecule has 2 heterocycles. The van der Waals surface area contributed by atoms with Crippen molar-refractivity contribution in [3.63, 3.8) is 0 Å². The molecule has 0 saturated carbocycles. The molecule has 118 valence electrons. The van der Waals surface area contributed by atoms with Crippen molar-refractivity contribution in [1.82, 2.24) is 14.9 Å². The summed E-state index contributed by atoms with van der Waals surface area (Å²) >= 11 is 0. The number of aliphatic hydroxyl groups is 1. The highest BCUT2D eigenvalue weighted by atomic mass is 19.2. The maximum atomic E-state index is 13.6. The SMILES string of the molecule is O=C(C[C@H]1NCCC[C@@H]1O)Cn1cnc2c(F)c(F)ccc21. The second kappa shape index (κ2) is 6.10. The van der Waals surface area contributed by atoms with Gasteiger partial charge in [0.15, 0.2) is 17.4 Å². The highest BCUT2D eigenvalue weighted by Gasteiger charge is 2.25. The zero-order valence-electron chi connectivity index (χ0n) is 11.9. The predicted octanol–water partition coefficient (Wildman–Crippen LogP) is 1.39. The fourth-order valence-electron chi connectivity index (χ4n) is 2.84. The van der Waals surface area contributed by atoms with Crippen LogP contribution in [0.5, 0.6) is 0 Å². The maximum absolute atomic E-state index is 13.6. The molecule has 2 atom stereocenters. The van der Waals surface area contributed by atoms with Gasteiger partial charge in [-0.3, -0.25) is 4.79 Å². The minimum absolute atomic E-state index is 0.0203. The Morgan fingerprint density at radius 3 is 3.05 bits per heavy atom. The second-order valence-corrected chi connectivity index (χ2v) is 5.61. The van der Waals surface area contributed by atoms with Gasteiger partial charge in [-0.25, -0.2) is 13.8 Å². The van der Waals surface area contributed by atoms with Gasteiger partial charge in [-0.2, -0.15) is 0 Å². The molecule has 3 rings (SSSR count). The number of rotatable bonds is 4. The van der Waals surface area contributed by atoms with Crippen LogP contribution >= 0.6 is 0 Å². The Morgan fingerprint density at radius 1 is 1.45 bits per heavy atom. The number of nitrogens with zero attached hydrogens (tertiary/aromatic N) is 2. The Labute approximate surface area is 126 Å². The van der Waals surface area contributed by atoms with Crippen LogP contribution in [0.3, 0.4) is 0 Å². The van der Waals surface area contributed by atoms with Gasteiger partial charge >= 0.3 is 0 Å². The fourth-order valence-corrected chi connectivity index (χ4v) is 2.84. The number of hydrogen-bond donors (Lipinski definition) is 2. The molecule has 1 aromatic carbocycles. The predicted molar refractivity (Wildman–Crippen MR) is 76.3 cm³/mol. The topological polar surface area (TPSA) is 67.2 Å². The minimum atomic E-state index is -1.01. The van der Waals surface area contributed by atoms with Gasteiger partial charge < -0.3 is 15.0 Å². The van der Waals surface area contributed by atoms with Crippen LogP contribution in [0.1, 0.15) is 19.3 Å². The molecule has 1 aliphatic rings. The largest absolute Gasteiger partial charge is 0.391 e. The van der Waals surface area contributed by atoms with E-state index in [1.165, 1.54) is 17.0 Å². The zero-order valence-corrected chi connectivity index (χ0v) is 11.9. The molecule has 0 radical (unpaired) electrons. The molecule has 5 nitrogen and oxygen atoms in total. The number of ketones is 1. The number of nitrogens with one attached hydrogen (secondary N) is 1. The van der Waals surface area contributed by atoms with Crippen molar-refractivity contribution >= 4 is 16.8 Å². The summed E-state index contributed by atoms with van der Waals surface area (Å²) in [6.45, 7) is 0.806. The van der Waals surface area contributed by atoms with Crippen molar-refractivity contribution in [1.29, 1.82) is 0 Å². The second-order valence-electron chi connectivity index (χ2n) is 5.61. The number of aromatic nitrogens is 2. The highest BCUT2D eigenvalue weighted by molar-refractivity contribution is 5.82. The van der Waals surface area contributed by atoms with E-state index < -0.39 is 17.7 Å². The zero-order chi connectivity index (χ0) is 15.7. The van der Waals surface area contributed by atoms with Gasteiger partial charge in [0.1, 0.15) is 5.52 Å². The first-order valence-electron chi connectivity index (χ1n) is 7.28. The van der Waals surface area contributed by atoms with Gasteiger partial charge in [0, 0.05) is 12.5 Å². The van der Waals surface area contributed by atoms with Crippen LogP contribution in [0, 0.1) is 11.6 Å². The summed E-state index contributed by atoms with van der Waals surface area (Å²) in [6, 6.07) is 2.18. The monoisotopic (exact) mass is 309 g/mol. The number of halogens is 2. The van der Waals surface area contributed by atoms with Crippen LogP contribution in [0.15, 0.2) is 18.5 Å². The third-order valence-corrected chi connectivity index (χ3v) is 4.03. The quantitative estimate of drug-likeness (QED) is 0.895. The number of aliphatic hydroxyl groups excluding tert-OH is 1. The molecule has 1 saturated heterocycles. The Morgan fingerprint density at radius 2 is 2.27 bits per heavy atom. The minimum Gasteiger partial charge on any atom is -0.391 e. The van der Waals surface area contributed by atoms with E-state index in [1.807, 2.05) is 0 Å². The van der Waals surface area contributed by atoms with Crippen LogP contribution < -0.4 is 5.32 Å². The maximum Gasteiger partial charge on any atom is 0.186 e. The molecule has 1 fully saturated rings. The first kappa shape index (κ1) is 15.1. The summed E-state index contributed by atoms with van der Waals surface area (Å²) in [5.74, 6) is -2.06. The van der Waals surface area contributed by atoms with E-state index in [0.29, 0.717) is 11.9 Å². The number of carbonyl (C=O) groups excluding carboxylic acids is 1. The first-order valence-corrected chi connectivity index (χ1v) is 7.28. The number of imidazole rings is 1. The molecule has 0 amide bonds. The van der Waals surface area contributed by atoms with Crippen LogP contribution in [0.25, 0.3) is 11.0 Å². The first-order chi connectivity index (χ1) is 10.6. The van der Waals surface area contributed by atoms with Gasteiger partial charge in [0.05, 0.1) is 24.5 Å². The van der Waals surface area contributed by atoms with E-state index in [4.69, 9.17) is 0 Å². The van der Waals surface area contributed by atoms with Crippen molar-refractivity contribution in [2.24, 2.45) is 0 Å². The van der Waals surface area contributed by atoms with Crippen molar-refractivity contribution < 1.29 is 18.7 Å². The van der Waals surface area contributed by atoms with Gasteiger partial charge in [-0.1, -0.05) is 0 Å². The third kappa shape index (κ3) is 2.86. The number of carbonyl (C=O) groups is 1. The summed E-state index contributed by atoms with van der Waals surface area (Å²) in [6.07, 6.45) is 2.58. The molecule has 22 heavy (non-hydrogen) atoms. The van der Waals surface area contributed by atoms with Gasteiger partial charge in [0.25, 0.3) is 0 Å². The lowest BCUT2D eigenvalue weighted by molar-refractivity contribution is -0.121. The molecule has 2 aromatic rings. The van der Waals surface area contributed by atoms with E-state index in [2.05, 4.69) is 10.3 Å². The number of Topliss-reactive ketones (excluding diaryl/α,β-unsaturated/α-hetero) is 1. The molecule has 0 unspecified atom stereocenters. The summed E-state index contributed by atoms with van der Waals surface area (Å²) < 4.78 is 28.2. The number of hydrogen-bond acceptors (Lipinski definition) is 4. The number of piperidine rings is 1. The lowest BCUT2D eigenvalue weighted by Crippen LogP contribution is -2.46. The third-order valence-electron chi connectivity index (χ3n) is 4.03. The van der Waals surface area contributed by atoms with Crippen LogP contribution in [0.4, 0.5) is 8.78 Å². The Balaban J connectivity index is 1.73. The normalized spacial score (nSPS) is 22.1. The molecule has 1 aliphatic heterocycles. The molecule has 1 aromatic heterocycles. The van der Waals surface area contributed by atoms with Gasteiger partial charge in [-0.15, -0.1) is 0 Å². The van der Waals surface area contributed by atoms with E-state index in [1.54, 1.807) is 0 Å². The van der Waals surface area contributed by atoms with Crippen molar-refractivity contribution in [2.75, 3.05) is 6.54 Å². The van der Waals surface area contributed by atoms with Gasteiger partial charge in [-0.05, 0) is 31.5 Å². The van der Waals surface area contributed by atoms with Crippen molar-refractivity contribution in [3.8, 4) is 0 Å². The number of benzene rings is 1. The standard InChI is InChI=1S/C15H17F2N3O2/c16-10-3-4-12-15(14(10)17)19-8-20(12)7-9(21)6-11-13(22)2-1-5-18-11/h3-4,8,11,13,18,22H,1-2,5-7H2/t11-,13+/m1/s1. The molecule has 0 spiro atoms. The van der Waals surface area contributed by atoms with E-state index in [-0.39, 0.29) is 30.3 Å². The Hall–Kier alpha value is -1.86. The molecule has 2 N–H and O–H groups in total. The van der Waals surface area contributed by atoms with Crippen molar-refractivity contribution in [2.45, 2.75) is 38.0 Å². The molecule has 0 aliphatic carbocycles. The van der Waals surface area contributed by atoms with Crippen LogP contribution in [-0.4, -0.2) is 39.1 Å². The molecule has 0 bridgehead atoms. The smallest absolute Gasteiger partial charge is 0.186 e. The van der Waals surface area contributed by atoms with E-state index >= 15 is 0 Å². The van der Waals surface area contributed by atoms with Crippen LogP contribution in [0.2, 0.25) is 0 Å². The van der Waals surface area contributed by atoms with E-state index in [9.17, 15) is 18.7 Å². The summed E-state index contributed by atoms with van der Waals surface area (Å²) in [5, 5.41) is 13.0. The average molecular weight is 309 g/mol. The summed E-state index contributed by atoms with van der Waals surface area (Å²) in [5.41, 5.74) is 0.299. The lowest BCUT2D eigenvalue weighted by Gasteiger charge is -2.28. The Bertz CT molecular complexity index is 701. The molecular formula is C15H17F2N3O2. The number of fused-ring (bicyclic) bond motifs is 1. The molecular weight excluding hydrogens is 292 g/mol. The van der Waals surface area contributed by atoms with Gasteiger partial charge in [0.2, 0.25) is 0 Å².